The van der Waals surface area contributed by atoms with Crippen LogP contribution in [0.3, 0.4) is 0 Å². The van der Waals surface area contributed by atoms with Gasteiger partial charge in [-0.05, 0) is 53.1 Å². The van der Waals surface area contributed by atoms with E-state index in [2.05, 4.69) is 21.0 Å². The number of hydrogen-bond donors (Lipinski definition) is 0. The van der Waals surface area contributed by atoms with E-state index in [0.717, 1.165) is 27.6 Å². The van der Waals surface area contributed by atoms with Gasteiger partial charge in [-0.3, -0.25) is 0 Å². The Kier molecular flexibility index (Phi) is 2.46. The van der Waals surface area contributed by atoms with E-state index in [0.29, 0.717) is 11.1 Å². The van der Waals surface area contributed by atoms with E-state index in [9.17, 15) is 0 Å². The van der Waals surface area contributed by atoms with Crippen molar-refractivity contribution >= 4 is 33.2 Å². The summed E-state index contributed by atoms with van der Waals surface area (Å²) in [5.41, 5.74) is 1.99. The second kappa shape index (κ2) is 3.94. The van der Waals surface area contributed by atoms with Gasteiger partial charge >= 0.3 is 0 Å². The largest absolute Gasteiger partial charge is 0.232 e. The molecule has 0 aromatic carbocycles. The smallest absolute Gasteiger partial charge is 0.171 e. The molecule has 0 radical (unpaired) electrons. The van der Waals surface area contributed by atoms with Crippen molar-refractivity contribution in [2.24, 2.45) is 11.8 Å². The molecule has 5 heteroatoms. The SMILES string of the molecule is Clc1cc(C2CC3CCC2C3)nc2c(Br)cnn12. The van der Waals surface area contributed by atoms with Crippen molar-refractivity contribution in [3.05, 3.63) is 27.6 Å². The quantitative estimate of drug-likeness (QED) is 0.740. The molecule has 2 bridgehead atoms. The van der Waals surface area contributed by atoms with E-state index in [-0.39, 0.29) is 0 Å². The topological polar surface area (TPSA) is 30.2 Å². The van der Waals surface area contributed by atoms with Crippen molar-refractivity contribution in [3.63, 3.8) is 0 Å². The van der Waals surface area contributed by atoms with Crippen LogP contribution in [0.15, 0.2) is 16.7 Å². The highest BCUT2D eigenvalue weighted by Gasteiger charge is 2.41. The average molecular weight is 327 g/mol. The minimum absolute atomic E-state index is 0.605. The molecule has 2 saturated carbocycles. The Morgan fingerprint density at radius 2 is 2.22 bits per heavy atom. The van der Waals surface area contributed by atoms with Crippen LogP contribution in [0, 0.1) is 11.8 Å². The van der Waals surface area contributed by atoms with Crippen LogP contribution in [-0.4, -0.2) is 14.6 Å². The maximum absolute atomic E-state index is 6.30. The third-order valence-electron chi connectivity index (χ3n) is 4.52. The number of rotatable bonds is 1. The van der Waals surface area contributed by atoms with Crippen molar-refractivity contribution in [2.75, 3.05) is 0 Å². The highest BCUT2D eigenvalue weighted by atomic mass is 79.9. The monoisotopic (exact) mass is 325 g/mol. The van der Waals surface area contributed by atoms with Crippen molar-refractivity contribution in [1.82, 2.24) is 14.6 Å². The fourth-order valence-corrected chi connectivity index (χ4v) is 4.30. The van der Waals surface area contributed by atoms with Gasteiger partial charge in [-0.25, -0.2) is 9.50 Å². The van der Waals surface area contributed by atoms with Crippen LogP contribution in [0.5, 0.6) is 0 Å². The fourth-order valence-electron chi connectivity index (χ4n) is 3.71. The Balaban J connectivity index is 1.83. The Labute approximate surface area is 119 Å². The molecule has 2 fully saturated rings. The van der Waals surface area contributed by atoms with Crippen LogP contribution in [-0.2, 0) is 0 Å². The second-order valence-corrected chi connectivity index (χ2v) is 6.75. The summed E-state index contributed by atoms with van der Waals surface area (Å²) < 4.78 is 2.59. The Bertz CT molecular complexity index is 624. The summed E-state index contributed by atoms with van der Waals surface area (Å²) >= 11 is 9.78. The molecule has 3 nitrogen and oxygen atoms in total. The molecule has 0 aliphatic heterocycles. The molecule has 18 heavy (non-hydrogen) atoms. The maximum atomic E-state index is 6.30. The second-order valence-electron chi connectivity index (χ2n) is 5.51. The summed E-state index contributed by atoms with van der Waals surface area (Å²) in [5.74, 6) is 2.35. The first-order chi connectivity index (χ1) is 8.72. The minimum Gasteiger partial charge on any atom is -0.232 e. The summed E-state index contributed by atoms with van der Waals surface area (Å²) in [6.07, 6.45) is 7.19. The van der Waals surface area contributed by atoms with Crippen LogP contribution < -0.4 is 0 Å². The lowest BCUT2D eigenvalue weighted by molar-refractivity contribution is 0.413. The molecule has 2 aromatic rings. The Morgan fingerprint density at radius 3 is 2.94 bits per heavy atom. The molecule has 2 heterocycles. The molecule has 2 aliphatic rings. The van der Waals surface area contributed by atoms with Gasteiger partial charge in [0.2, 0.25) is 0 Å². The zero-order valence-electron chi connectivity index (χ0n) is 9.81. The zero-order chi connectivity index (χ0) is 12.3. The lowest BCUT2D eigenvalue weighted by atomic mass is 9.86. The van der Waals surface area contributed by atoms with E-state index in [4.69, 9.17) is 16.6 Å². The Hall–Kier alpha value is -0.610. The molecule has 94 valence electrons. The number of aromatic nitrogens is 3. The van der Waals surface area contributed by atoms with Crippen molar-refractivity contribution < 1.29 is 0 Å². The van der Waals surface area contributed by atoms with Crippen LogP contribution in [0.4, 0.5) is 0 Å². The molecule has 0 spiro atoms. The lowest BCUT2D eigenvalue weighted by Gasteiger charge is -2.21. The number of hydrogen-bond acceptors (Lipinski definition) is 2. The predicted molar refractivity (Wildman–Crippen MR) is 73.9 cm³/mol. The number of fused-ring (bicyclic) bond motifs is 3. The van der Waals surface area contributed by atoms with Gasteiger partial charge in [0.25, 0.3) is 0 Å². The first-order valence-electron chi connectivity index (χ1n) is 6.42. The van der Waals surface area contributed by atoms with Crippen molar-refractivity contribution in [3.8, 4) is 0 Å². The summed E-state index contributed by atoms with van der Waals surface area (Å²) in [7, 11) is 0. The highest BCUT2D eigenvalue weighted by Crippen LogP contribution is 2.52. The minimum atomic E-state index is 0.605. The molecular weight excluding hydrogens is 314 g/mol. The van der Waals surface area contributed by atoms with Crippen LogP contribution >= 0.6 is 27.5 Å². The molecule has 3 unspecified atom stereocenters. The molecule has 0 saturated heterocycles. The zero-order valence-corrected chi connectivity index (χ0v) is 12.2. The standard InChI is InChI=1S/C13H13BrClN3/c14-10-6-16-18-12(15)5-11(17-13(10)18)9-4-7-1-2-8(9)3-7/h5-9H,1-4H2. The molecule has 2 aliphatic carbocycles. The van der Waals surface area contributed by atoms with Gasteiger partial charge < -0.3 is 0 Å². The van der Waals surface area contributed by atoms with Gasteiger partial charge in [-0.2, -0.15) is 5.10 Å². The normalized spacial score (nSPS) is 30.4. The highest BCUT2D eigenvalue weighted by molar-refractivity contribution is 9.10. The van der Waals surface area contributed by atoms with Crippen LogP contribution in [0.25, 0.3) is 5.65 Å². The van der Waals surface area contributed by atoms with Gasteiger partial charge in [0.1, 0.15) is 5.15 Å². The molecule has 2 aromatic heterocycles. The average Bonchev–Trinajstić information content (AvgIpc) is 3.05. The van der Waals surface area contributed by atoms with E-state index in [1.54, 1.807) is 10.7 Å². The van der Waals surface area contributed by atoms with E-state index >= 15 is 0 Å². The first-order valence-corrected chi connectivity index (χ1v) is 7.59. The first kappa shape index (κ1) is 11.2. The number of halogens is 2. The number of nitrogens with zero attached hydrogens (tertiary/aromatic N) is 3. The van der Waals surface area contributed by atoms with Gasteiger partial charge in [-0.1, -0.05) is 18.0 Å². The summed E-state index contributed by atoms with van der Waals surface area (Å²) in [5, 5.41) is 4.86. The predicted octanol–water partition coefficient (Wildman–Crippen LogP) is 4.05. The maximum Gasteiger partial charge on any atom is 0.171 e. The summed E-state index contributed by atoms with van der Waals surface area (Å²) in [6.45, 7) is 0. The van der Waals surface area contributed by atoms with E-state index in [1.807, 2.05) is 6.07 Å². The van der Waals surface area contributed by atoms with Crippen molar-refractivity contribution in [2.45, 2.75) is 31.6 Å². The molecule has 0 N–H and O–H groups in total. The van der Waals surface area contributed by atoms with E-state index in [1.165, 1.54) is 25.7 Å². The summed E-state index contributed by atoms with van der Waals surface area (Å²) in [4.78, 5) is 4.77. The molecule has 4 rings (SSSR count). The van der Waals surface area contributed by atoms with Gasteiger partial charge in [0.15, 0.2) is 5.65 Å². The third-order valence-corrected chi connectivity index (χ3v) is 5.35. The van der Waals surface area contributed by atoms with Crippen LogP contribution in [0.2, 0.25) is 5.15 Å². The van der Waals surface area contributed by atoms with E-state index < -0.39 is 0 Å². The Morgan fingerprint density at radius 1 is 1.33 bits per heavy atom. The molecule has 0 amide bonds. The summed E-state index contributed by atoms with van der Waals surface area (Å²) in [6, 6.07) is 2.00. The van der Waals surface area contributed by atoms with Crippen molar-refractivity contribution in [1.29, 1.82) is 0 Å². The van der Waals surface area contributed by atoms with Gasteiger partial charge in [0, 0.05) is 11.6 Å². The fraction of sp³-hybridized carbons (Fsp3) is 0.538. The van der Waals surface area contributed by atoms with Gasteiger partial charge in [0.05, 0.1) is 10.7 Å². The van der Waals surface area contributed by atoms with Crippen LogP contribution in [0.1, 0.15) is 37.3 Å². The molecule has 3 atom stereocenters. The van der Waals surface area contributed by atoms with Gasteiger partial charge in [-0.15, -0.1) is 0 Å². The molecular formula is C13H13BrClN3. The third kappa shape index (κ3) is 1.55. The lowest BCUT2D eigenvalue weighted by Crippen LogP contribution is -2.11.